The van der Waals surface area contributed by atoms with Gasteiger partial charge in [0.1, 0.15) is 19.0 Å². The second kappa shape index (κ2) is 12.8. The van der Waals surface area contributed by atoms with Crippen LogP contribution in [0.5, 0.6) is 5.75 Å². The van der Waals surface area contributed by atoms with Crippen molar-refractivity contribution in [1.29, 1.82) is 0 Å². The number of para-hydroxylation sites is 2. The van der Waals surface area contributed by atoms with E-state index in [4.69, 9.17) is 24.1 Å². The molecule has 8 nitrogen and oxygen atoms in total. The average Bonchev–Trinajstić information content (AvgIpc) is 3.24. The van der Waals surface area contributed by atoms with Crippen LogP contribution in [0.25, 0.3) is 27.9 Å². The van der Waals surface area contributed by atoms with Crippen molar-refractivity contribution in [3.05, 3.63) is 60.9 Å². The Labute approximate surface area is 203 Å². The first-order valence-electron chi connectivity index (χ1n) is 10.8. The normalized spacial score (nSPS) is 11.3. The number of carboxylic acid groups (broad SMARTS) is 1. The van der Waals surface area contributed by atoms with E-state index in [-0.39, 0.29) is 6.61 Å². The molecule has 2 aromatic carbocycles. The molecule has 12 heteroatoms. The van der Waals surface area contributed by atoms with Crippen LogP contribution in [0, 0.1) is 0 Å². The van der Waals surface area contributed by atoms with Crippen LogP contribution in [0.15, 0.2) is 60.9 Å². The summed E-state index contributed by atoms with van der Waals surface area (Å²) in [5.74, 6) is -1.30. The summed E-state index contributed by atoms with van der Waals surface area (Å²) in [4.78, 5) is 17.9. The Morgan fingerprint density at radius 3 is 2.22 bits per heavy atom. The lowest BCUT2D eigenvalue weighted by Gasteiger charge is -2.08. The van der Waals surface area contributed by atoms with E-state index >= 15 is 0 Å². The van der Waals surface area contributed by atoms with Gasteiger partial charge < -0.3 is 19.3 Å². The van der Waals surface area contributed by atoms with E-state index < -0.39 is 18.8 Å². The largest absolute Gasteiger partial charge is 0.491 e. The minimum Gasteiger partial charge on any atom is -0.491 e. The van der Waals surface area contributed by atoms with Gasteiger partial charge in [-0.15, -0.1) is 0 Å². The van der Waals surface area contributed by atoms with Crippen LogP contribution < -0.4 is 4.74 Å². The third-order valence-corrected chi connectivity index (χ3v) is 4.68. The fraction of sp³-hybridized carbons (Fsp3) is 0.292. The maximum Gasteiger partial charge on any atom is 0.490 e. The number of aliphatic carboxylic acids is 1. The van der Waals surface area contributed by atoms with Gasteiger partial charge in [-0.05, 0) is 29.8 Å². The zero-order chi connectivity index (χ0) is 26.0. The summed E-state index contributed by atoms with van der Waals surface area (Å²) in [6.45, 7) is 1.36. The number of hydrogen-bond acceptors (Lipinski definition) is 6. The number of carboxylic acids is 1. The first kappa shape index (κ1) is 26.8. The number of ether oxygens (including phenoxy) is 3. The van der Waals surface area contributed by atoms with E-state index in [0.29, 0.717) is 32.2 Å². The van der Waals surface area contributed by atoms with Crippen LogP contribution in [-0.4, -0.2) is 71.3 Å². The van der Waals surface area contributed by atoms with Gasteiger partial charge in [-0.25, -0.2) is 19.2 Å². The topological polar surface area (TPSA) is 95.2 Å². The Bertz CT molecular complexity index is 1260. The summed E-state index contributed by atoms with van der Waals surface area (Å²) in [6, 6.07) is 15.8. The Kier molecular flexibility index (Phi) is 9.53. The summed E-state index contributed by atoms with van der Waals surface area (Å²) in [5, 5.41) is 7.12. The van der Waals surface area contributed by atoms with Gasteiger partial charge in [0.15, 0.2) is 0 Å². The van der Waals surface area contributed by atoms with E-state index in [1.807, 2.05) is 65.3 Å². The number of rotatable bonds is 10. The highest BCUT2D eigenvalue weighted by Crippen LogP contribution is 2.24. The molecule has 4 rings (SSSR count). The first-order chi connectivity index (χ1) is 17.3. The van der Waals surface area contributed by atoms with Gasteiger partial charge in [-0.3, -0.25) is 4.40 Å². The zero-order valence-electron chi connectivity index (χ0n) is 18.9. The average molecular weight is 509 g/mol. The van der Waals surface area contributed by atoms with Gasteiger partial charge in [0, 0.05) is 18.0 Å². The first-order valence-corrected chi connectivity index (χ1v) is 10.8. The summed E-state index contributed by atoms with van der Waals surface area (Å²) >= 11 is 0. The lowest BCUT2D eigenvalue weighted by atomic mass is 10.1. The highest BCUT2D eigenvalue weighted by Gasteiger charge is 2.38. The molecule has 0 bridgehead atoms. The highest BCUT2D eigenvalue weighted by molar-refractivity contribution is 5.80. The number of imidazole rings is 1. The molecule has 0 saturated carbocycles. The minimum atomic E-state index is -5.08. The van der Waals surface area contributed by atoms with Crippen LogP contribution in [0.4, 0.5) is 17.6 Å². The van der Waals surface area contributed by atoms with Gasteiger partial charge in [-0.2, -0.15) is 13.2 Å². The number of aromatic nitrogens is 3. The molecule has 0 amide bonds. The fourth-order valence-corrected chi connectivity index (χ4v) is 3.04. The predicted octanol–water partition coefficient (Wildman–Crippen LogP) is 4.56. The SMILES string of the molecule is FCCOCCOCCOc1ccc(-c2cnc3nc4ccccc4n3c2)cc1.O=C(O)C(F)(F)F. The molecule has 0 fully saturated rings. The third-order valence-electron chi connectivity index (χ3n) is 4.68. The molecule has 1 N–H and O–H groups in total. The molecule has 0 aliphatic carbocycles. The Hall–Kier alpha value is -3.77. The summed E-state index contributed by atoms with van der Waals surface area (Å²) in [7, 11) is 0. The maximum atomic E-state index is 11.9. The van der Waals surface area contributed by atoms with Gasteiger partial charge in [0.05, 0.1) is 37.5 Å². The number of hydrogen-bond donors (Lipinski definition) is 1. The number of nitrogens with zero attached hydrogens (tertiary/aromatic N) is 3. The molecule has 36 heavy (non-hydrogen) atoms. The van der Waals surface area contributed by atoms with Gasteiger partial charge in [0.2, 0.25) is 5.78 Å². The fourth-order valence-electron chi connectivity index (χ4n) is 3.04. The van der Waals surface area contributed by atoms with E-state index in [2.05, 4.69) is 9.97 Å². The molecule has 4 aromatic rings. The molecular weight excluding hydrogens is 486 g/mol. The van der Waals surface area contributed by atoms with Crippen molar-refractivity contribution in [2.45, 2.75) is 6.18 Å². The van der Waals surface area contributed by atoms with Crippen molar-refractivity contribution in [1.82, 2.24) is 14.4 Å². The molecule has 0 spiro atoms. The molecule has 192 valence electrons. The molecule has 0 atom stereocenters. The van der Waals surface area contributed by atoms with E-state index in [9.17, 15) is 17.6 Å². The molecular formula is C24H23F4N3O5. The summed E-state index contributed by atoms with van der Waals surface area (Å²) in [6.07, 6.45) is -1.21. The quantitative estimate of drug-likeness (QED) is 0.247. The lowest BCUT2D eigenvalue weighted by molar-refractivity contribution is -0.192. The maximum absolute atomic E-state index is 11.9. The van der Waals surface area contributed by atoms with Gasteiger partial charge in [0.25, 0.3) is 0 Å². The Morgan fingerprint density at radius 1 is 0.917 bits per heavy atom. The van der Waals surface area contributed by atoms with E-state index in [0.717, 1.165) is 27.9 Å². The number of fused-ring (bicyclic) bond motifs is 3. The summed E-state index contributed by atoms with van der Waals surface area (Å²) in [5.41, 5.74) is 4.01. The van der Waals surface area contributed by atoms with Crippen molar-refractivity contribution in [2.75, 3.05) is 39.7 Å². The number of carbonyl (C=O) groups is 1. The predicted molar refractivity (Wildman–Crippen MR) is 123 cm³/mol. The van der Waals surface area contributed by atoms with Crippen molar-refractivity contribution >= 4 is 22.8 Å². The number of halogens is 4. The molecule has 2 aromatic heterocycles. The monoisotopic (exact) mass is 509 g/mol. The standard InChI is InChI=1S/C22H22FN3O3.C2HF3O2/c23-9-10-27-11-12-28-13-14-29-19-7-5-17(6-8-19)18-15-24-22-25-20-3-1-2-4-21(20)26(22)16-18;3-2(4,5)1(6)7/h1-8,15-16H,9-14H2;(H,6,7). The zero-order valence-corrected chi connectivity index (χ0v) is 18.9. The summed E-state index contributed by atoms with van der Waals surface area (Å²) < 4.78 is 61.7. The van der Waals surface area contributed by atoms with Crippen LogP contribution in [0.3, 0.4) is 0 Å². The highest BCUT2D eigenvalue weighted by atomic mass is 19.4. The second-order valence-electron chi connectivity index (χ2n) is 7.20. The van der Waals surface area contributed by atoms with Gasteiger partial charge in [-0.1, -0.05) is 24.3 Å². The third kappa shape index (κ3) is 7.62. The van der Waals surface area contributed by atoms with Crippen LogP contribution in [0.1, 0.15) is 0 Å². The van der Waals surface area contributed by atoms with Crippen molar-refractivity contribution in [2.24, 2.45) is 0 Å². The van der Waals surface area contributed by atoms with E-state index in [1.54, 1.807) is 0 Å². The molecule has 0 unspecified atom stereocenters. The molecule has 2 heterocycles. The number of alkyl halides is 4. The van der Waals surface area contributed by atoms with Crippen molar-refractivity contribution in [3.63, 3.8) is 0 Å². The number of benzene rings is 2. The molecule has 0 aliphatic heterocycles. The molecule has 0 saturated heterocycles. The second-order valence-corrected chi connectivity index (χ2v) is 7.20. The minimum absolute atomic E-state index is 0.117. The molecule has 0 radical (unpaired) electrons. The smallest absolute Gasteiger partial charge is 0.490 e. The van der Waals surface area contributed by atoms with Crippen molar-refractivity contribution in [3.8, 4) is 16.9 Å². The van der Waals surface area contributed by atoms with Crippen LogP contribution in [-0.2, 0) is 14.3 Å². The van der Waals surface area contributed by atoms with Crippen LogP contribution >= 0.6 is 0 Å². The molecule has 0 aliphatic rings. The van der Waals surface area contributed by atoms with E-state index in [1.165, 1.54) is 0 Å². The van der Waals surface area contributed by atoms with Crippen molar-refractivity contribution < 1.29 is 41.7 Å². The van der Waals surface area contributed by atoms with Crippen LogP contribution in [0.2, 0.25) is 0 Å². The Morgan fingerprint density at radius 2 is 1.56 bits per heavy atom. The van der Waals surface area contributed by atoms with Gasteiger partial charge >= 0.3 is 12.1 Å². The lowest BCUT2D eigenvalue weighted by Crippen LogP contribution is -2.21. The Balaban J connectivity index is 0.000000454.